The number of nitrogens with zero attached hydrogens (tertiary/aromatic N) is 3. The number of carbonyl (C=O) groups is 2. The van der Waals surface area contributed by atoms with Crippen LogP contribution in [0.2, 0.25) is 0 Å². The molecule has 1 aliphatic carbocycles. The Balaban J connectivity index is 1.20. The van der Waals surface area contributed by atoms with Crippen LogP contribution in [0.25, 0.3) is 30.3 Å². The predicted molar refractivity (Wildman–Crippen MR) is 149 cm³/mol. The summed E-state index contributed by atoms with van der Waals surface area (Å²) in [6.07, 6.45) is 3.85. The van der Waals surface area contributed by atoms with Crippen LogP contribution in [0.4, 0.5) is 10.6 Å². The molecular weight excluding hydrogens is 520 g/mol. The monoisotopic (exact) mass is 544 g/mol. The Morgan fingerprint density at radius 1 is 1.05 bits per heavy atom. The number of aromatic nitrogens is 3. The highest BCUT2D eigenvalue weighted by molar-refractivity contribution is 7.31. The molecule has 8 nitrogen and oxygen atoms in total. The summed E-state index contributed by atoms with van der Waals surface area (Å²) in [4.78, 5) is 30.8. The molecule has 38 heavy (non-hydrogen) atoms. The van der Waals surface area contributed by atoms with Gasteiger partial charge in [0.25, 0.3) is 0 Å². The minimum Gasteiger partial charge on any atom is -0.481 e. The summed E-state index contributed by atoms with van der Waals surface area (Å²) in [6, 6.07) is 17.6. The highest BCUT2D eigenvalue weighted by Crippen LogP contribution is 2.48. The number of aryl methyl sites for hydroxylation is 1. The van der Waals surface area contributed by atoms with Gasteiger partial charge in [0.1, 0.15) is 17.3 Å². The minimum atomic E-state index is -0.801. The molecule has 10 heteroatoms. The van der Waals surface area contributed by atoms with Gasteiger partial charge in [0.05, 0.1) is 17.5 Å². The van der Waals surface area contributed by atoms with Crippen LogP contribution in [0.1, 0.15) is 37.1 Å². The average molecular weight is 545 g/mol. The first-order valence-corrected chi connectivity index (χ1v) is 13.8. The van der Waals surface area contributed by atoms with E-state index in [1.807, 2.05) is 49.4 Å². The molecule has 192 valence electrons. The number of hydrogen-bond donors (Lipinski definition) is 2. The number of amides is 1. The third kappa shape index (κ3) is 4.35. The van der Waals surface area contributed by atoms with E-state index in [4.69, 9.17) is 4.74 Å². The van der Waals surface area contributed by atoms with E-state index in [0.29, 0.717) is 24.4 Å². The van der Waals surface area contributed by atoms with Gasteiger partial charge in [-0.2, -0.15) is 5.10 Å². The highest BCUT2D eigenvalue weighted by Gasteiger charge is 2.53. The lowest BCUT2D eigenvalue weighted by Crippen LogP contribution is -2.20. The summed E-state index contributed by atoms with van der Waals surface area (Å²) in [5.74, 6) is -0.234. The summed E-state index contributed by atoms with van der Waals surface area (Å²) in [6.45, 7) is 1.84. The second kappa shape index (κ2) is 9.38. The summed E-state index contributed by atoms with van der Waals surface area (Å²) < 4.78 is 9.44. The number of nitrogens with one attached hydrogen (secondary N) is 1. The van der Waals surface area contributed by atoms with Gasteiger partial charge in [0.15, 0.2) is 0 Å². The molecule has 4 heterocycles. The third-order valence-electron chi connectivity index (χ3n) is 6.88. The first-order valence-electron chi connectivity index (χ1n) is 12.1. The average Bonchev–Trinajstić information content (AvgIpc) is 3.34. The number of thiophene rings is 2. The molecule has 1 aliphatic rings. The van der Waals surface area contributed by atoms with Gasteiger partial charge in [-0.1, -0.05) is 36.4 Å². The van der Waals surface area contributed by atoms with Gasteiger partial charge in [-0.05, 0) is 43.5 Å². The Hall–Kier alpha value is -4.02. The van der Waals surface area contributed by atoms with Crippen molar-refractivity contribution in [1.82, 2.24) is 14.8 Å². The summed E-state index contributed by atoms with van der Waals surface area (Å²) in [5.41, 5.74) is 2.53. The number of carboxylic acid groups (broad SMARTS) is 1. The van der Waals surface area contributed by atoms with E-state index < -0.39 is 17.5 Å². The molecule has 1 amide bonds. The molecule has 1 atom stereocenters. The van der Waals surface area contributed by atoms with Crippen LogP contribution >= 0.6 is 22.7 Å². The zero-order chi connectivity index (χ0) is 26.4. The van der Waals surface area contributed by atoms with E-state index in [1.54, 1.807) is 46.8 Å². The topological polar surface area (TPSA) is 106 Å². The number of aliphatic carboxylic acids is 1. The first-order chi connectivity index (χ1) is 18.3. The van der Waals surface area contributed by atoms with Gasteiger partial charge < -0.3 is 9.84 Å². The van der Waals surface area contributed by atoms with Crippen LogP contribution in [-0.2, 0) is 22.0 Å². The molecule has 1 unspecified atom stereocenters. The SMILES string of the molecule is CC(OC(=O)Nc1c(-c2cc3sc(-c4ccc(C5(C(=O)O)CC5)nc4)cc3s2)cnn1C)c1ccccc1. The second-order valence-corrected chi connectivity index (χ2v) is 11.6. The largest absolute Gasteiger partial charge is 0.481 e. The van der Waals surface area contributed by atoms with Crippen LogP contribution in [0.3, 0.4) is 0 Å². The van der Waals surface area contributed by atoms with E-state index in [1.165, 1.54) is 0 Å². The Bertz CT molecular complexity index is 1620. The van der Waals surface area contributed by atoms with Crippen molar-refractivity contribution in [3.8, 4) is 20.9 Å². The maximum atomic E-state index is 12.7. The summed E-state index contributed by atoms with van der Waals surface area (Å²) in [5, 5.41) is 16.7. The first kappa shape index (κ1) is 24.3. The molecule has 0 radical (unpaired) electrons. The van der Waals surface area contributed by atoms with Crippen LogP contribution in [-0.4, -0.2) is 31.9 Å². The predicted octanol–water partition coefficient (Wildman–Crippen LogP) is 6.85. The van der Waals surface area contributed by atoms with Crippen LogP contribution in [0.5, 0.6) is 0 Å². The van der Waals surface area contributed by atoms with Crippen molar-refractivity contribution in [2.45, 2.75) is 31.3 Å². The number of benzene rings is 1. The number of fused-ring (bicyclic) bond motifs is 1. The smallest absolute Gasteiger partial charge is 0.413 e. The lowest BCUT2D eigenvalue weighted by atomic mass is 10.0. The van der Waals surface area contributed by atoms with E-state index >= 15 is 0 Å². The van der Waals surface area contributed by atoms with Crippen molar-refractivity contribution in [2.75, 3.05) is 5.32 Å². The number of rotatable bonds is 7. The Morgan fingerprint density at radius 3 is 2.42 bits per heavy atom. The summed E-state index contributed by atoms with van der Waals surface area (Å²) >= 11 is 3.27. The van der Waals surface area contributed by atoms with E-state index in [2.05, 4.69) is 27.5 Å². The molecule has 0 aliphatic heterocycles. The van der Waals surface area contributed by atoms with E-state index in [-0.39, 0.29) is 6.10 Å². The Labute approximate surface area is 226 Å². The molecule has 1 fully saturated rings. The lowest BCUT2D eigenvalue weighted by Gasteiger charge is -2.14. The zero-order valence-corrected chi connectivity index (χ0v) is 22.3. The molecule has 0 bridgehead atoms. The van der Waals surface area contributed by atoms with Crippen molar-refractivity contribution >= 4 is 50.0 Å². The normalized spacial score (nSPS) is 14.8. The summed E-state index contributed by atoms with van der Waals surface area (Å²) in [7, 11) is 1.78. The van der Waals surface area contributed by atoms with Crippen LogP contribution in [0.15, 0.2) is 67.0 Å². The number of carbonyl (C=O) groups excluding carboxylic acids is 1. The van der Waals surface area contributed by atoms with Crippen LogP contribution in [0, 0.1) is 0 Å². The molecule has 6 rings (SSSR count). The molecule has 2 N–H and O–H groups in total. The van der Waals surface area contributed by atoms with E-state index in [0.717, 1.165) is 35.8 Å². The van der Waals surface area contributed by atoms with Crippen LogP contribution < -0.4 is 5.32 Å². The maximum Gasteiger partial charge on any atom is 0.413 e. The Morgan fingerprint density at radius 2 is 1.76 bits per heavy atom. The second-order valence-electron chi connectivity index (χ2n) is 9.38. The van der Waals surface area contributed by atoms with Crippen molar-refractivity contribution in [3.63, 3.8) is 0 Å². The number of carboxylic acids is 1. The number of anilines is 1. The zero-order valence-electron chi connectivity index (χ0n) is 20.7. The van der Waals surface area contributed by atoms with Gasteiger partial charge in [-0.15, -0.1) is 22.7 Å². The van der Waals surface area contributed by atoms with Gasteiger partial charge >= 0.3 is 12.1 Å². The third-order valence-corrected chi connectivity index (χ3v) is 9.26. The number of pyridine rings is 1. The molecule has 5 aromatic rings. The minimum absolute atomic E-state index is 0.388. The maximum absolute atomic E-state index is 12.7. The van der Waals surface area contributed by atoms with Crippen molar-refractivity contribution < 1.29 is 19.4 Å². The van der Waals surface area contributed by atoms with Crippen molar-refractivity contribution in [2.24, 2.45) is 7.05 Å². The standard InChI is InChI=1S/C28H24N4O4S2/c1-16(17-6-4-3-5-7-17)36-27(35)31-25-19(15-30-32(25)2)21-13-23-22(38-21)12-20(37-23)18-8-9-24(29-14-18)28(10-11-28)26(33)34/h3-9,12-16H,10-11H2,1-2H3,(H,31,35)(H,33,34). The molecular formula is C28H24N4O4S2. The quantitative estimate of drug-likeness (QED) is 0.232. The van der Waals surface area contributed by atoms with Gasteiger partial charge in [0, 0.05) is 38.0 Å². The number of hydrogen-bond acceptors (Lipinski definition) is 7. The van der Waals surface area contributed by atoms with Gasteiger partial charge in [0.2, 0.25) is 0 Å². The fraction of sp³-hybridized carbons (Fsp3) is 0.214. The molecule has 0 spiro atoms. The highest BCUT2D eigenvalue weighted by atomic mass is 32.1. The van der Waals surface area contributed by atoms with Crippen molar-refractivity contribution in [3.05, 3.63) is 78.2 Å². The fourth-order valence-corrected chi connectivity index (χ4v) is 6.88. The fourth-order valence-electron chi connectivity index (χ4n) is 4.48. The van der Waals surface area contributed by atoms with Gasteiger partial charge in [-0.3, -0.25) is 19.8 Å². The van der Waals surface area contributed by atoms with E-state index in [9.17, 15) is 14.7 Å². The van der Waals surface area contributed by atoms with Crippen molar-refractivity contribution in [1.29, 1.82) is 0 Å². The molecule has 1 aromatic carbocycles. The molecule has 0 saturated heterocycles. The number of ether oxygens (including phenoxy) is 1. The molecule has 4 aromatic heterocycles. The van der Waals surface area contributed by atoms with Gasteiger partial charge in [-0.25, -0.2) is 4.79 Å². The Kier molecular flexibility index (Phi) is 6.00. The molecule has 1 saturated carbocycles. The lowest BCUT2D eigenvalue weighted by molar-refractivity contribution is -0.140.